The highest BCUT2D eigenvalue weighted by Crippen LogP contribution is 2.37. The third kappa shape index (κ3) is 5.13. The number of thiophene rings is 1. The summed E-state index contributed by atoms with van der Waals surface area (Å²) in [5.41, 5.74) is 1.26. The molecule has 0 unspecified atom stereocenters. The minimum absolute atomic E-state index is 0.0478. The molecule has 3 aromatic rings. The second kappa shape index (κ2) is 7.58. The van der Waals surface area contributed by atoms with E-state index in [9.17, 15) is 13.0 Å². The fourth-order valence-electron chi connectivity index (χ4n) is 2.57. The molecule has 0 amide bonds. The second-order valence-corrected chi connectivity index (χ2v) is 11.8. The first-order valence-electron chi connectivity index (χ1n) is 7.79. The van der Waals surface area contributed by atoms with E-state index in [0.29, 0.717) is 15.5 Å². The van der Waals surface area contributed by atoms with Crippen molar-refractivity contribution in [2.24, 2.45) is 0 Å². The predicted octanol–water partition coefficient (Wildman–Crippen LogP) is 3.41. The van der Waals surface area contributed by atoms with Gasteiger partial charge in [-0.05, 0) is 30.2 Å². The van der Waals surface area contributed by atoms with Crippen LogP contribution in [0.15, 0.2) is 30.6 Å². The van der Waals surface area contributed by atoms with E-state index in [0.717, 1.165) is 21.4 Å². The van der Waals surface area contributed by atoms with Crippen LogP contribution in [0.5, 0.6) is 0 Å². The summed E-state index contributed by atoms with van der Waals surface area (Å²) in [5.74, 6) is -0.397. The van der Waals surface area contributed by atoms with Crippen molar-refractivity contribution in [3.8, 4) is 10.4 Å². The van der Waals surface area contributed by atoms with Crippen LogP contribution in [0, 0.1) is 6.92 Å². The van der Waals surface area contributed by atoms with Gasteiger partial charge < -0.3 is 9.79 Å². The van der Waals surface area contributed by atoms with Gasteiger partial charge in [0.05, 0.1) is 11.4 Å². The summed E-state index contributed by atoms with van der Waals surface area (Å²) in [6.07, 6.45) is 1.40. The minimum Gasteiger partial charge on any atom is -0.324 e. The zero-order valence-corrected chi connectivity index (χ0v) is 17.4. The number of halogens is 1. The SMILES string of the molecule is Cc1ccc(-c2cc3c(CCS(=O)(=O)CP(=O)(O)O)ncnc3s2)cc1Cl. The predicted molar refractivity (Wildman–Crippen MR) is 107 cm³/mol. The van der Waals surface area contributed by atoms with Gasteiger partial charge in [0.25, 0.3) is 0 Å². The summed E-state index contributed by atoms with van der Waals surface area (Å²) >= 11 is 7.63. The average Bonchev–Trinajstić information content (AvgIpc) is 2.98. The zero-order valence-electron chi connectivity index (χ0n) is 14.2. The Hall–Kier alpha value is -1.35. The van der Waals surface area contributed by atoms with Crippen molar-refractivity contribution in [1.29, 1.82) is 0 Å². The molecule has 0 aliphatic rings. The molecular weight excluding hydrogens is 431 g/mol. The molecule has 1 aromatic carbocycles. The highest BCUT2D eigenvalue weighted by molar-refractivity contribution is 7.97. The molecule has 2 heterocycles. The highest BCUT2D eigenvalue weighted by atomic mass is 35.5. The molecule has 11 heteroatoms. The minimum atomic E-state index is -4.63. The largest absolute Gasteiger partial charge is 0.340 e. The summed E-state index contributed by atoms with van der Waals surface area (Å²) in [7, 11) is -8.53. The van der Waals surface area contributed by atoms with Gasteiger partial charge in [-0.3, -0.25) is 4.57 Å². The lowest BCUT2D eigenvalue weighted by Gasteiger charge is -2.06. The molecule has 0 bridgehead atoms. The van der Waals surface area contributed by atoms with Crippen LogP contribution >= 0.6 is 30.5 Å². The molecule has 0 saturated carbocycles. The molecule has 0 atom stereocenters. The molecule has 7 nitrogen and oxygen atoms in total. The lowest BCUT2D eigenvalue weighted by atomic mass is 10.1. The number of aryl methyl sites for hydroxylation is 2. The van der Waals surface area contributed by atoms with E-state index >= 15 is 0 Å². The van der Waals surface area contributed by atoms with E-state index < -0.39 is 28.7 Å². The number of fused-ring (bicyclic) bond motifs is 1. The number of sulfone groups is 1. The van der Waals surface area contributed by atoms with E-state index in [1.54, 1.807) is 0 Å². The van der Waals surface area contributed by atoms with Crippen LogP contribution in [0.3, 0.4) is 0 Å². The van der Waals surface area contributed by atoms with Crippen LogP contribution in [0.25, 0.3) is 20.7 Å². The molecule has 3 rings (SSSR count). The van der Waals surface area contributed by atoms with E-state index in [2.05, 4.69) is 9.97 Å². The van der Waals surface area contributed by atoms with Crippen molar-refractivity contribution in [2.75, 3.05) is 11.2 Å². The van der Waals surface area contributed by atoms with Crippen molar-refractivity contribution in [3.63, 3.8) is 0 Å². The van der Waals surface area contributed by atoms with E-state index in [-0.39, 0.29) is 6.42 Å². The van der Waals surface area contributed by atoms with Gasteiger partial charge >= 0.3 is 7.60 Å². The molecule has 0 radical (unpaired) electrons. The number of hydrogen-bond donors (Lipinski definition) is 2. The van der Waals surface area contributed by atoms with Gasteiger partial charge in [0, 0.05) is 21.7 Å². The van der Waals surface area contributed by atoms with Crippen LogP contribution in [0.1, 0.15) is 11.3 Å². The van der Waals surface area contributed by atoms with Gasteiger partial charge in [-0.2, -0.15) is 0 Å². The van der Waals surface area contributed by atoms with Crippen LogP contribution in [0.4, 0.5) is 0 Å². The van der Waals surface area contributed by atoms with E-state index in [1.807, 2.05) is 31.2 Å². The Balaban J connectivity index is 1.90. The second-order valence-electron chi connectivity index (χ2n) is 6.11. The molecule has 0 saturated heterocycles. The molecule has 0 fully saturated rings. The van der Waals surface area contributed by atoms with Gasteiger partial charge in [-0.25, -0.2) is 18.4 Å². The van der Waals surface area contributed by atoms with Crippen molar-refractivity contribution in [1.82, 2.24) is 9.97 Å². The first kappa shape index (κ1) is 20.4. The van der Waals surface area contributed by atoms with E-state index in [1.165, 1.54) is 17.7 Å². The standard InChI is InChI=1S/C16H16ClN2O5PS2/c1-10-2-3-11(6-13(10)17)15-7-12-14(18-8-19-16(12)26-15)4-5-27(23,24)9-25(20,21)22/h2-3,6-8H,4-5,9H2,1H3,(H2,20,21,22). The number of benzene rings is 1. The van der Waals surface area contributed by atoms with Crippen molar-refractivity contribution in [3.05, 3.63) is 46.9 Å². The van der Waals surface area contributed by atoms with Crippen LogP contribution in [0.2, 0.25) is 5.02 Å². The molecular formula is C16H16ClN2O5PS2. The topological polar surface area (TPSA) is 117 Å². The first-order valence-corrected chi connectivity index (χ1v) is 12.6. The quantitative estimate of drug-likeness (QED) is 0.557. The summed E-state index contributed by atoms with van der Waals surface area (Å²) < 4.78 is 34.8. The molecule has 2 N–H and O–H groups in total. The molecule has 2 aromatic heterocycles. The summed E-state index contributed by atoms with van der Waals surface area (Å²) in [6, 6.07) is 7.61. The van der Waals surface area contributed by atoms with Crippen LogP contribution in [-0.2, 0) is 20.8 Å². The number of aromatic nitrogens is 2. The van der Waals surface area contributed by atoms with Gasteiger partial charge in [0.15, 0.2) is 15.3 Å². The van der Waals surface area contributed by atoms with Crippen LogP contribution in [-0.4, -0.2) is 39.4 Å². The highest BCUT2D eigenvalue weighted by Gasteiger charge is 2.25. The lowest BCUT2D eigenvalue weighted by Crippen LogP contribution is -2.14. The Kier molecular flexibility index (Phi) is 5.72. The molecule has 0 spiro atoms. The van der Waals surface area contributed by atoms with E-state index in [4.69, 9.17) is 21.4 Å². The summed E-state index contributed by atoms with van der Waals surface area (Å²) in [4.78, 5) is 27.8. The average molecular weight is 447 g/mol. The first-order chi connectivity index (χ1) is 12.5. The van der Waals surface area contributed by atoms with Crippen LogP contribution < -0.4 is 0 Å². The molecule has 0 aliphatic carbocycles. The van der Waals surface area contributed by atoms with Gasteiger partial charge in [-0.15, -0.1) is 11.3 Å². The number of rotatable bonds is 6. The number of hydrogen-bond acceptors (Lipinski definition) is 6. The maximum Gasteiger partial charge on any atom is 0.340 e. The third-order valence-electron chi connectivity index (χ3n) is 3.88. The fourth-order valence-corrected chi connectivity index (χ4v) is 6.83. The maximum absolute atomic E-state index is 11.9. The van der Waals surface area contributed by atoms with Gasteiger partial charge in [0.1, 0.15) is 11.2 Å². The summed E-state index contributed by atoms with van der Waals surface area (Å²) in [6.45, 7) is 1.92. The smallest absolute Gasteiger partial charge is 0.324 e. The van der Waals surface area contributed by atoms with Crippen molar-refractivity contribution in [2.45, 2.75) is 13.3 Å². The lowest BCUT2D eigenvalue weighted by molar-refractivity contribution is 0.378. The van der Waals surface area contributed by atoms with Crippen molar-refractivity contribution >= 4 is 50.6 Å². The van der Waals surface area contributed by atoms with Gasteiger partial charge in [0.2, 0.25) is 0 Å². The third-order valence-corrected chi connectivity index (χ3v) is 9.13. The van der Waals surface area contributed by atoms with Gasteiger partial charge in [-0.1, -0.05) is 23.7 Å². The fraction of sp³-hybridized carbons (Fsp3) is 0.250. The summed E-state index contributed by atoms with van der Waals surface area (Å²) in [5, 5.41) is 1.38. The Morgan fingerprint density at radius 3 is 2.63 bits per heavy atom. The Morgan fingerprint density at radius 2 is 1.96 bits per heavy atom. The number of nitrogens with zero attached hydrogens (tertiary/aromatic N) is 2. The maximum atomic E-state index is 11.9. The van der Waals surface area contributed by atoms with Crippen molar-refractivity contribution < 1.29 is 22.8 Å². The Morgan fingerprint density at radius 1 is 1.22 bits per heavy atom. The molecule has 27 heavy (non-hydrogen) atoms. The monoisotopic (exact) mass is 446 g/mol. The normalized spacial score (nSPS) is 12.6. The Labute approximate surface area is 165 Å². The molecule has 0 aliphatic heterocycles. The molecule has 144 valence electrons. The Bertz CT molecular complexity index is 1160. The zero-order chi connectivity index (χ0) is 19.8.